The monoisotopic (exact) mass is 204 g/mol. The van der Waals surface area contributed by atoms with Crippen LogP contribution in [0, 0.1) is 6.92 Å². The van der Waals surface area contributed by atoms with Crippen LogP contribution >= 0.6 is 0 Å². The van der Waals surface area contributed by atoms with Crippen LogP contribution in [0.2, 0.25) is 0 Å². The summed E-state index contributed by atoms with van der Waals surface area (Å²) in [6, 6.07) is 6.00. The average molecular weight is 204 g/mol. The predicted molar refractivity (Wildman–Crippen MR) is 57.6 cm³/mol. The van der Waals surface area contributed by atoms with Crippen molar-refractivity contribution in [3.8, 4) is 17.1 Å². The van der Waals surface area contributed by atoms with E-state index in [1.54, 1.807) is 13.3 Å². The number of aromatic nitrogens is 1. The molecule has 0 radical (unpaired) electrons. The largest absolute Gasteiger partial charge is 0.496 e. The number of benzene rings is 1. The Morgan fingerprint density at radius 3 is 2.80 bits per heavy atom. The van der Waals surface area contributed by atoms with Gasteiger partial charge in [-0.15, -0.1) is 0 Å². The molecule has 0 amide bonds. The number of nitrogen functional groups attached to an aromatic ring is 1. The molecule has 4 nitrogen and oxygen atoms in total. The predicted octanol–water partition coefficient (Wildman–Crippen LogP) is 2.24. The van der Waals surface area contributed by atoms with Crippen molar-refractivity contribution in [1.29, 1.82) is 0 Å². The fraction of sp³-hybridized carbons (Fsp3) is 0.182. The minimum absolute atomic E-state index is 0.161. The molecule has 2 rings (SSSR count). The van der Waals surface area contributed by atoms with E-state index in [9.17, 15) is 0 Å². The maximum absolute atomic E-state index is 5.43. The highest BCUT2D eigenvalue weighted by molar-refractivity contribution is 5.66. The van der Waals surface area contributed by atoms with Crippen LogP contribution in [0.1, 0.15) is 5.56 Å². The first kappa shape index (κ1) is 9.58. The van der Waals surface area contributed by atoms with E-state index in [2.05, 4.69) is 4.98 Å². The van der Waals surface area contributed by atoms with Crippen LogP contribution in [-0.4, -0.2) is 12.1 Å². The van der Waals surface area contributed by atoms with Crippen LogP contribution < -0.4 is 10.5 Å². The highest BCUT2D eigenvalue weighted by Gasteiger charge is 2.10. The Hall–Kier alpha value is -1.97. The fourth-order valence-electron chi connectivity index (χ4n) is 1.43. The lowest BCUT2D eigenvalue weighted by Crippen LogP contribution is -1.87. The van der Waals surface area contributed by atoms with Crippen molar-refractivity contribution in [1.82, 2.24) is 4.98 Å². The normalized spacial score (nSPS) is 10.3. The molecule has 0 saturated carbocycles. The molecule has 0 aliphatic rings. The van der Waals surface area contributed by atoms with Gasteiger partial charge in [0.05, 0.1) is 18.9 Å². The van der Waals surface area contributed by atoms with Crippen molar-refractivity contribution in [3.63, 3.8) is 0 Å². The number of hydrogen-bond donors (Lipinski definition) is 1. The van der Waals surface area contributed by atoms with Crippen molar-refractivity contribution in [3.05, 3.63) is 30.0 Å². The van der Waals surface area contributed by atoms with Crippen LogP contribution in [-0.2, 0) is 0 Å². The summed E-state index contributed by atoms with van der Waals surface area (Å²) in [5.74, 6) is 1.37. The van der Waals surface area contributed by atoms with Gasteiger partial charge in [-0.3, -0.25) is 0 Å². The Morgan fingerprint density at radius 2 is 2.20 bits per heavy atom. The molecule has 1 aromatic heterocycles. The lowest BCUT2D eigenvalue weighted by atomic mass is 10.1. The molecule has 0 bridgehead atoms. The van der Waals surface area contributed by atoms with Crippen LogP contribution in [0.25, 0.3) is 11.3 Å². The van der Waals surface area contributed by atoms with Gasteiger partial charge in [0, 0.05) is 0 Å². The summed E-state index contributed by atoms with van der Waals surface area (Å²) < 4.78 is 10.5. The van der Waals surface area contributed by atoms with Crippen LogP contribution in [0.4, 0.5) is 6.01 Å². The summed E-state index contributed by atoms with van der Waals surface area (Å²) in [6.07, 6.45) is 1.59. The van der Waals surface area contributed by atoms with Crippen molar-refractivity contribution >= 4 is 6.01 Å². The van der Waals surface area contributed by atoms with Gasteiger partial charge in [0.25, 0.3) is 6.01 Å². The zero-order chi connectivity index (χ0) is 10.8. The molecule has 15 heavy (non-hydrogen) atoms. The third-order valence-corrected chi connectivity index (χ3v) is 2.14. The Morgan fingerprint density at radius 1 is 1.40 bits per heavy atom. The standard InChI is InChI=1S/C11H12N2O2/c1-7-3-4-9(14-2)8(5-7)10-6-13-11(12)15-10/h3-6H,1-2H3,(H2,12,13). The van der Waals surface area contributed by atoms with E-state index in [4.69, 9.17) is 14.9 Å². The summed E-state index contributed by atoms with van der Waals surface area (Å²) in [5.41, 5.74) is 7.42. The number of nitrogens with two attached hydrogens (primary N) is 1. The summed E-state index contributed by atoms with van der Waals surface area (Å²) in [7, 11) is 1.62. The Bertz CT molecular complexity index is 477. The molecule has 0 aliphatic carbocycles. The van der Waals surface area contributed by atoms with Gasteiger partial charge in [0.15, 0.2) is 5.76 Å². The second-order valence-electron chi connectivity index (χ2n) is 3.27. The first-order valence-electron chi connectivity index (χ1n) is 4.57. The Balaban J connectivity index is 2.55. The van der Waals surface area contributed by atoms with Crippen LogP contribution in [0.3, 0.4) is 0 Å². The number of rotatable bonds is 2. The van der Waals surface area contributed by atoms with Crippen LogP contribution in [0.5, 0.6) is 5.75 Å². The third-order valence-electron chi connectivity index (χ3n) is 2.14. The summed E-state index contributed by atoms with van der Waals surface area (Å²) in [6.45, 7) is 2.00. The van der Waals surface area contributed by atoms with Gasteiger partial charge >= 0.3 is 0 Å². The van der Waals surface area contributed by atoms with E-state index in [1.165, 1.54) is 0 Å². The fourth-order valence-corrected chi connectivity index (χ4v) is 1.43. The van der Waals surface area contributed by atoms with Crippen molar-refractivity contribution < 1.29 is 9.15 Å². The Labute approximate surface area is 87.7 Å². The van der Waals surface area contributed by atoms with Crippen molar-refractivity contribution in [2.24, 2.45) is 0 Å². The van der Waals surface area contributed by atoms with E-state index < -0.39 is 0 Å². The highest BCUT2D eigenvalue weighted by Crippen LogP contribution is 2.31. The first-order valence-corrected chi connectivity index (χ1v) is 4.57. The van der Waals surface area contributed by atoms with E-state index in [1.807, 2.05) is 25.1 Å². The average Bonchev–Trinajstić information content (AvgIpc) is 2.65. The maximum atomic E-state index is 5.43. The van der Waals surface area contributed by atoms with E-state index >= 15 is 0 Å². The number of nitrogens with zero attached hydrogens (tertiary/aromatic N) is 1. The van der Waals surface area contributed by atoms with Crippen molar-refractivity contribution in [2.75, 3.05) is 12.8 Å². The summed E-state index contributed by atoms with van der Waals surface area (Å²) in [5, 5.41) is 0. The minimum Gasteiger partial charge on any atom is -0.496 e. The SMILES string of the molecule is COc1ccc(C)cc1-c1cnc(N)o1. The first-order chi connectivity index (χ1) is 7.20. The topological polar surface area (TPSA) is 61.3 Å². The molecule has 0 atom stereocenters. The number of aryl methyl sites for hydroxylation is 1. The molecule has 0 spiro atoms. The van der Waals surface area contributed by atoms with Gasteiger partial charge in [-0.1, -0.05) is 11.6 Å². The molecule has 0 fully saturated rings. The van der Waals surface area contributed by atoms with E-state index in [0.29, 0.717) is 5.76 Å². The molecule has 0 aliphatic heterocycles. The lowest BCUT2D eigenvalue weighted by Gasteiger charge is -2.06. The number of anilines is 1. The molecule has 0 unspecified atom stereocenters. The lowest BCUT2D eigenvalue weighted by molar-refractivity contribution is 0.414. The van der Waals surface area contributed by atoms with Gasteiger partial charge in [-0.05, 0) is 19.1 Å². The molecule has 2 N–H and O–H groups in total. The molecule has 0 saturated heterocycles. The molecular weight excluding hydrogens is 192 g/mol. The second kappa shape index (κ2) is 3.65. The highest BCUT2D eigenvalue weighted by atomic mass is 16.5. The third kappa shape index (κ3) is 1.79. The number of methoxy groups -OCH3 is 1. The molecular formula is C11H12N2O2. The van der Waals surface area contributed by atoms with Gasteiger partial charge in [0.2, 0.25) is 0 Å². The molecule has 4 heteroatoms. The minimum atomic E-state index is 0.161. The number of hydrogen-bond acceptors (Lipinski definition) is 4. The number of ether oxygens (including phenoxy) is 1. The molecule has 1 heterocycles. The Kier molecular flexibility index (Phi) is 2.33. The smallest absolute Gasteiger partial charge is 0.292 e. The van der Waals surface area contributed by atoms with E-state index in [-0.39, 0.29) is 6.01 Å². The quantitative estimate of drug-likeness (QED) is 0.814. The zero-order valence-corrected chi connectivity index (χ0v) is 8.65. The van der Waals surface area contributed by atoms with Gasteiger partial charge in [0.1, 0.15) is 5.75 Å². The summed E-state index contributed by atoms with van der Waals surface area (Å²) in [4.78, 5) is 3.85. The van der Waals surface area contributed by atoms with Crippen molar-refractivity contribution in [2.45, 2.75) is 6.92 Å². The van der Waals surface area contributed by atoms with Crippen LogP contribution in [0.15, 0.2) is 28.8 Å². The van der Waals surface area contributed by atoms with Gasteiger partial charge < -0.3 is 14.9 Å². The summed E-state index contributed by atoms with van der Waals surface area (Å²) >= 11 is 0. The maximum Gasteiger partial charge on any atom is 0.292 e. The van der Waals surface area contributed by atoms with Gasteiger partial charge in [-0.2, -0.15) is 0 Å². The molecule has 2 aromatic rings. The zero-order valence-electron chi connectivity index (χ0n) is 8.65. The van der Waals surface area contributed by atoms with E-state index in [0.717, 1.165) is 16.9 Å². The molecule has 1 aromatic carbocycles. The number of oxazole rings is 1. The second-order valence-corrected chi connectivity index (χ2v) is 3.27. The molecule has 78 valence electrons. The van der Waals surface area contributed by atoms with Gasteiger partial charge in [-0.25, -0.2) is 4.98 Å².